The predicted octanol–water partition coefficient (Wildman–Crippen LogP) is 2.98. The molecule has 0 fully saturated rings. The number of hydrogen-bond acceptors (Lipinski definition) is 3. The van der Waals surface area contributed by atoms with Crippen LogP contribution in [0.2, 0.25) is 0 Å². The minimum atomic E-state index is -0.659. The maximum absolute atomic E-state index is 12.9. The molecule has 0 bridgehead atoms. The molecule has 0 saturated carbocycles. The van der Waals surface area contributed by atoms with Crippen molar-refractivity contribution in [2.24, 2.45) is 0 Å². The lowest BCUT2D eigenvalue weighted by molar-refractivity contribution is 0.302. The van der Waals surface area contributed by atoms with Crippen molar-refractivity contribution in [2.45, 2.75) is 6.61 Å². The summed E-state index contributed by atoms with van der Waals surface area (Å²) in [6.45, 7) is 0.208. The van der Waals surface area contributed by atoms with Crippen LogP contribution in [-0.2, 0) is 6.61 Å². The van der Waals surface area contributed by atoms with Crippen molar-refractivity contribution in [3.8, 4) is 5.75 Å². The summed E-state index contributed by atoms with van der Waals surface area (Å²) in [6.07, 6.45) is 1.64. The number of rotatable bonds is 4. The highest BCUT2D eigenvalue weighted by molar-refractivity contribution is 5.34. The number of benzene rings is 1. The van der Waals surface area contributed by atoms with Crippen LogP contribution in [0.5, 0.6) is 5.75 Å². The molecule has 1 aromatic heterocycles. The molecular formula is C13H12F2N2O. The maximum atomic E-state index is 12.9. The molecule has 1 N–H and O–H groups in total. The Balaban J connectivity index is 2.01. The van der Waals surface area contributed by atoms with Crippen molar-refractivity contribution in [2.75, 3.05) is 12.4 Å². The van der Waals surface area contributed by atoms with Crippen LogP contribution in [0, 0.1) is 11.6 Å². The van der Waals surface area contributed by atoms with Crippen LogP contribution in [0.3, 0.4) is 0 Å². The standard InChI is InChI=1S/C13H12F2N2O/c1-16-13-3-2-9(7-17-13)8-18-12-5-10(14)4-11(15)6-12/h2-7H,8H2,1H3,(H,16,17). The van der Waals surface area contributed by atoms with Gasteiger partial charge in [0.1, 0.15) is 29.8 Å². The van der Waals surface area contributed by atoms with Gasteiger partial charge in [0.2, 0.25) is 0 Å². The van der Waals surface area contributed by atoms with Crippen LogP contribution >= 0.6 is 0 Å². The molecule has 0 atom stereocenters. The fourth-order valence-corrected chi connectivity index (χ4v) is 1.44. The molecule has 0 amide bonds. The smallest absolute Gasteiger partial charge is 0.129 e. The molecule has 2 rings (SSSR count). The summed E-state index contributed by atoms with van der Waals surface area (Å²) in [7, 11) is 1.77. The molecule has 0 aliphatic carbocycles. The van der Waals surface area contributed by atoms with E-state index in [1.54, 1.807) is 19.3 Å². The van der Waals surface area contributed by atoms with E-state index in [1.165, 1.54) is 0 Å². The molecule has 0 saturated heterocycles. The molecule has 0 unspecified atom stereocenters. The van der Waals surface area contributed by atoms with Crippen LogP contribution < -0.4 is 10.1 Å². The highest BCUT2D eigenvalue weighted by atomic mass is 19.1. The molecule has 18 heavy (non-hydrogen) atoms. The molecular weight excluding hydrogens is 238 g/mol. The summed E-state index contributed by atoms with van der Waals surface area (Å²) in [4.78, 5) is 4.11. The molecule has 94 valence electrons. The van der Waals surface area contributed by atoms with E-state index >= 15 is 0 Å². The first-order valence-electron chi connectivity index (χ1n) is 5.39. The van der Waals surface area contributed by atoms with Crippen LogP contribution in [0.4, 0.5) is 14.6 Å². The summed E-state index contributed by atoms with van der Waals surface area (Å²) in [5, 5.41) is 2.89. The lowest BCUT2D eigenvalue weighted by Crippen LogP contribution is -1.98. The summed E-state index contributed by atoms with van der Waals surface area (Å²) in [6, 6.07) is 6.70. The van der Waals surface area contributed by atoms with Gasteiger partial charge >= 0.3 is 0 Å². The Bertz CT molecular complexity index is 509. The first-order valence-corrected chi connectivity index (χ1v) is 5.39. The van der Waals surface area contributed by atoms with E-state index in [1.807, 2.05) is 6.07 Å². The topological polar surface area (TPSA) is 34.1 Å². The maximum Gasteiger partial charge on any atom is 0.129 e. The average Bonchev–Trinajstić information content (AvgIpc) is 2.36. The van der Waals surface area contributed by atoms with Gasteiger partial charge in [-0.05, 0) is 6.07 Å². The number of nitrogens with one attached hydrogen (secondary N) is 1. The summed E-state index contributed by atoms with van der Waals surface area (Å²) in [5.41, 5.74) is 0.818. The Kier molecular flexibility index (Phi) is 3.72. The molecule has 1 heterocycles. The second kappa shape index (κ2) is 5.44. The van der Waals surface area contributed by atoms with E-state index in [0.29, 0.717) is 0 Å². The minimum absolute atomic E-state index is 0.158. The highest BCUT2D eigenvalue weighted by Crippen LogP contribution is 2.17. The molecule has 5 heteroatoms. The lowest BCUT2D eigenvalue weighted by atomic mass is 10.3. The first kappa shape index (κ1) is 12.3. The van der Waals surface area contributed by atoms with Crippen molar-refractivity contribution >= 4 is 5.82 Å². The van der Waals surface area contributed by atoms with Crippen LogP contribution in [0.25, 0.3) is 0 Å². The van der Waals surface area contributed by atoms with Gasteiger partial charge in [-0.25, -0.2) is 13.8 Å². The van der Waals surface area contributed by atoms with Gasteiger partial charge in [-0.1, -0.05) is 6.07 Å². The molecule has 3 nitrogen and oxygen atoms in total. The van der Waals surface area contributed by atoms with E-state index in [9.17, 15) is 8.78 Å². The summed E-state index contributed by atoms with van der Waals surface area (Å²) in [5.74, 6) is -0.414. The van der Waals surface area contributed by atoms with E-state index < -0.39 is 11.6 Å². The Morgan fingerprint density at radius 1 is 1.17 bits per heavy atom. The third-order valence-corrected chi connectivity index (χ3v) is 2.32. The van der Waals surface area contributed by atoms with Crippen molar-refractivity contribution < 1.29 is 13.5 Å². The Morgan fingerprint density at radius 2 is 1.89 bits per heavy atom. The molecule has 0 aliphatic rings. The Morgan fingerprint density at radius 3 is 2.44 bits per heavy atom. The van der Waals surface area contributed by atoms with E-state index in [2.05, 4.69) is 10.3 Å². The van der Waals surface area contributed by atoms with Crippen LogP contribution in [-0.4, -0.2) is 12.0 Å². The van der Waals surface area contributed by atoms with Crippen LogP contribution in [0.1, 0.15) is 5.56 Å². The second-order valence-electron chi connectivity index (χ2n) is 3.70. The van der Waals surface area contributed by atoms with Crippen molar-refractivity contribution in [3.63, 3.8) is 0 Å². The van der Waals surface area contributed by atoms with Gasteiger partial charge in [-0.15, -0.1) is 0 Å². The number of anilines is 1. The number of halogens is 2. The van der Waals surface area contributed by atoms with Gasteiger partial charge in [0, 0.05) is 37.0 Å². The van der Waals surface area contributed by atoms with Gasteiger partial charge in [0.05, 0.1) is 0 Å². The summed E-state index contributed by atoms with van der Waals surface area (Å²) < 4.78 is 31.1. The van der Waals surface area contributed by atoms with E-state index in [0.717, 1.165) is 29.6 Å². The molecule has 0 radical (unpaired) electrons. The van der Waals surface area contributed by atoms with E-state index in [-0.39, 0.29) is 12.4 Å². The fraction of sp³-hybridized carbons (Fsp3) is 0.154. The van der Waals surface area contributed by atoms with Crippen molar-refractivity contribution in [1.82, 2.24) is 4.98 Å². The largest absolute Gasteiger partial charge is 0.489 e. The lowest BCUT2D eigenvalue weighted by Gasteiger charge is -2.07. The fourth-order valence-electron chi connectivity index (χ4n) is 1.44. The SMILES string of the molecule is CNc1ccc(COc2cc(F)cc(F)c2)cn1. The van der Waals surface area contributed by atoms with Gasteiger partial charge in [-0.3, -0.25) is 0 Å². The molecule has 1 aromatic carbocycles. The Hall–Kier alpha value is -2.17. The number of hydrogen-bond donors (Lipinski definition) is 1. The van der Waals surface area contributed by atoms with Crippen LogP contribution in [0.15, 0.2) is 36.5 Å². The number of aromatic nitrogens is 1. The second-order valence-corrected chi connectivity index (χ2v) is 3.70. The summed E-state index contributed by atoms with van der Waals surface area (Å²) >= 11 is 0. The van der Waals surface area contributed by atoms with Crippen molar-refractivity contribution in [3.05, 3.63) is 53.7 Å². The quantitative estimate of drug-likeness (QED) is 0.905. The van der Waals surface area contributed by atoms with Crippen molar-refractivity contribution in [1.29, 1.82) is 0 Å². The Labute approximate surface area is 103 Å². The molecule has 0 spiro atoms. The van der Waals surface area contributed by atoms with Gasteiger partial charge < -0.3 is 10.1 Å². The monoisotopic (exact) mass is 250 g/mol. The minimum Gasteiger partial charge on any atom is -0.489 e. The number of ether oxygens (including phenoxy) is 1. The molecule has 0 aliphatic heterocycles. The average molecular weight is 250 g/mol. The van der Waals surface area contributed by atoms with Gasteiger partial charge in [0.15, 0.2) is 0 Å². The normalized spacial score (nSPS) is 10.2. The van der Waals surface area contributed by atoms with E-state index in [4.69, 9.17) is 4.74 Å². The highest BCUT2D eigenvalue weighted by Gasteiger charge is 2.02. The third-order valence-electron chi connectivity index (χ3n) is 2.32. The zero-order valence-corrected chi connectivity index (χ0v) is 9.78. The molecule has 2 aromatic rings. The number of pyridine rings is 1. The zero-order chi connectivity index (χ0) is 13.0. The number of nitrogens with zero attached hydrogens (tertiary/aromatic N) is 1. The third kappa shape index (κ3) is 3.16. The first-order chi connectivity index (χ1) is 8.67. The van der Waals surface area contributed by atoms with Gasteiger partial charge in [-0.2, -0.15) is 0 Å². The van der Waals surface area contributed by atoms with Gasteiger partial charge in [0.25, 0.3) is 0 Å². The zero-order valence-electron chi connectivity index (χ0n) is 9.78. The predicted molar refractivity (Wildman–Crippen MR) is 64.5 cm³/mol.